The Balaban J connectivity index is 2.56. The van der Waals surface area contributed by atoms with Crippen LogP contribution in [0.15, 0.2) is 0 Å². The standard InChI is InChI=1S/C9H14F3N3/c10-9(11,12)7(4-13)6-15-3-1-2-8(15)5-14/h7-8H,1-3,5-6,14H2. The molecule has 1 aliphatic rings. The second kappa shape index (κ2) is 4.81. The number of likely N-dealkylation sites (tertiary alicyclic amines) is 1. The van der Waals surface area contributed by atoms with Gasteiger partial charge < -0.3 is 5.73 Å². The van der Waals surface area contributed by atoms with Crippen molar-refractivity contribution in [3.8, 4) is 6.07 Å². The minimum atomic E-state index is -4.43. The number of alkyl halides is 3. The fraction of sp³-hybridized carbons (Fsp3) is 0.889. The fourth-order valence-electron chi connectivity index (χ4n) is 1.85. The highest BCUT2D eigenvalue weighted by molar-refractivity contribution is 4.93. The van der Waals surface area contributed by atoms with Crippen molar-refractivity contribution in [2.45, 2.75) is 25.1 Å². The smallest absolute Gasteiger partial charge is 0.329 e. The summed E-state index contributed by atoms with van der Waals surface area (Å²) < 4.78 is 37.0. The average Bonchev–Trinajstić information content (AvgIpc) is 2.59. The lowest BCUT2D eigenvalue weighted by atomic mass is 10.1. The monoisotopic (exact) mass is 221 g/mol. The minimum Gasteiger partial charge on any atom is -0.329 e. The maximum Gasteiger partial charge on any atom is 0.405 e. The van der Waals surface area contributed by atoms with E-state index in [-0.39, 0.29) is 12.6 Å². The summed E-state index contributed by atoms with van der Waals surface area (Å²) in [6, 6.07) is 1.31. The predicted molar refractivity (Wildman–Crippen MR) is 48.8 cm³/mol. The SMILES string of the molecule is N#CC(CN1CCCC1CN)C(F)(F)F. The fourth-order valence-corrected chi connectivity index (χ4v) is 1.85. The molecule has 0 spiro atoms. The van der Waals surface area contributed by atoms with Gasteiger partial charge in [-0.25, -0.2) is 0 Å². The summed E-state index contributed by atoms with van der Waals surface area (Å²) in [4.78, 5) is 1.67. The molecule has 0 aromatic heterocycles. The topological polar surface area (TPSA) is 53.0 Å². The van der Waals surface area contributed by atoms with Gasteiger partial charge in [0, 0.05) is 19.1 Å². The van der Waals surface area contributed by atoms with Gasteiger partial charge in [-0.3, -0.25) is 4.90 Å². The van der Waals surface area contributed by atoms with Crippen LogP contribution in [-0.4, -0.2) is 36.8 Å². The quantitative estimate of drug-likeness (QED) is 0.776. The molecule has 0 amide bonds. The number of nitrogens with two attached hydrogens (primary N) is 1. The highest BCUT2D eigenvalue weighted by Crippen LogP contribution is 2.28. The molecule has 15 heavy (non-hydrogen) atoms. The van der Waals surface area contributed by atoms with E-state index in [0.717, 1.165) is 12.8 Å². The number of hydrogen-bond donors (Lipinski definition) is 1. The van der Waals surface area contributed by atoms with Crippen molar-refractivity contribution in [2.24, 2.45) is 11.7 Å². The van der Waals surface area contributed by atoms with Gasteiger partial charge in [-0.2, -0.15) is 18.4 Å². The first-order chi connectivity index (χ1) is 6.99. The van der Waals surface area contributed by atoms with E-state index in [1.807, 2.05) is 0 Å². The molecule has 0 aromatic carbocycles. The Bertz CT molecular complexity index is 246. The summed E-state index contributed by atoms with van der Waals surface area (Å²) in [7, 11) is 0. The van der Waals surface area contributed by atoms with Crippen LogP contribution in [0.5, 0.6) is 0 Å². The van der Waals surface area contributed by atoms with Crippen LogP contribution in [0, 0.1) is 17.2 Å². The Labute approximate surface area is 86.6 Å². The van der Waals surface area contributed by atoms with Crippen LogP contribution < -0.4 is 5.73 Å². The first kappa shape index (κ1) is 12.3. The first-order valence-electron chi connectivity index (χ1n) is 4.89. The molecule has 0 aliphatic carbocycles. The average molecular weight is 221 g/mol. The molecule has 3 nitrogen and oxygen atoms in total. The molecule has 2 atom stereocenters. The predicted octanol–water partition coefficient (Wildman–Crippen LogP) is 1.11. The largest absolute Gasteiger partial charge is 0.405 e. The molecule has 0 radical (unpaired) electrons. The van der Waals surface area contributed by atoms with Gasteiger partial charge in [-0.1, -0.05) is 0 Å². The van der Waals surface area contributed by atoms with Crippen LogP contribution in [0.3, 0.4) is 0 Å². The third kappa shape index (κ3) is 3.08. The Morgan fingerprint density at radius 3 is 2.67 bits per heavy atom. The third-order valence-electron chi connectivity index (χ3n) is 2.74. The van der Waals surface area contributed by atoms with Crippen LogP contribution >= 0.6 is 0 Å². The molecule has 0 aromatic rings. The highest BCUT2D eigenvalue weighted by Gasteiger charge is 2.42. The van der Waals surface area contributed by atoms with Crippen molar-refractivity contribution in [3.63, 3.8) is 0 Å². The molecule has 2 N–H and O–H groups in total. The van der Waals surface area contributed by atoms with Gasteiger partial charge in [0.2, 0.25) is 0 Å². The molecule has 86 valence electrons. The van der Waals surface area contributed by atoms with Crippen LogP contribution in [0.4, 0.5) is 13.2 Å². The molecule has 1 rings (SSSR count). The van der Waals surface area contributed by atoms with Crippen molar-refractivity contribution < 1.29 is 13.2 Å². The second-order valence-electron chi connectivity index (χ2n) is 3.75. The third-order valence-corrected chi connectivity index (χ3v) is 2.74. The van der Waals surface area contributed by atoms with Crippen LogP contribution in [0.2, 0.25) is 0 Å². The Kier molecular flexibility index (Phi) is 3.94. The maximum atomic E-state index is 12.3. The van der Waals surface area contributed by atoms with Crippen LogP contribution in [0.25, 0.3) is 0 Å². The van der Waals surface area contributed by atoms with Crippen molar-refractivity contribution in [1.82, 2.24) is 4.90 Å². The molecule has 1 aliphatic heterocycles. The number of halogens is 3. The van der Waals surface area contributed by atoms with Crippen molar-refractivity contribution in [2.75, 3.05) is 19.6 Å². The lowest BCUT2D eigenvalue weighted by Crippen LogP contribution is -2.41. The number of hydrogen-bond acceptors (Lipinski definition) is 3. The lowest BCUT2D eigenvalue weighted by Gasteiger charge is -2.26. The molecule has 0 saturated carbocycles. The van der Waals surface area contributed by atoms with E-state index in [1.165, 1.54) is 6.07 Å². The van der Waals surface area contributed by atoms with Crippen molar-refractivity contribution in [3.05, 3.63) is 0 Å². The number of nitriles is 1. The van der Waals surface area contributed by atoms with E-state index in [4.69, 9.17) is 11.0 Å². The Morgan fingerprint density at radius 2 is 2.20 bits per heavy atom. The summed E-state index contributed by atoms with van der Waals surface area (Å²) in [5.41, 5.74) is 5.44. The van der Waals surface area contributed by atoms with E-state index in [0.29, 0.717) is 13.1 Å². The summed E-state index contributed by atoms with van der Waals surface area (Å²) in [5.74, 6) is -1.90. The molecular formula is C9H14F3N3. The van der Waals surface area contributed by atoms with E-state index in [9.17, 15) is 13.2 Å². The minimum absolute atomic E-state index is 0.00296. The number of nitrogens with zero attached hydrogens (tertiary/aromatic N) is 2. The van der Waals surface area contributed by atoms with Crippen molar-refractivity contribution >= 4 is 0 Å². The van der Waals surface area contributed by atoms with E-state index < -0.39 is 12.1 Å². The molecule has 1 heterocycles. The van der Waals surface area contributed by atoms with Gasteiger partial charge in [-0.05, 0) is 19.4 Å². The van der Waals surface area contributed by atoms with E-state index in [1.54, 1.807) is 4.90 Å². The zero-order chi connectivity index (χ0) is 11.5. The molecular weight excluding hydrogens is 207 g/mol. The van der Waals surface area contributed by atoms with Crippen LogP contribution in [-0.2, 0) is 0 Å². The first-order valence-corrected chi connectivity index (χ1v) is 4.89. The summed E-state index contributed by atoms with van der Waals surface area (Å²) >= 11 is 0. The lowest BCUT2D eigenvalue weighted by molar-refractivity contribution is -0.163. The zero-order valence-corrected chi connectivity index (χ0v) is 8.30. The normalized spacial score (nSPS) is 25.1. The highest BCUT2D eigenvalue weighted by atomic mass is 19.4. The summed E-state index contributed by atoms with van der Waals surface area (Å²) in [6.07, 6.45) is -2.75. The maximum absolute atomic E-state index is 12.3. The van der Waals surface area contributed by atoms with E-state index >= 15 is 0 Å². The van der Waals surface area contributed by atoms with E-state index in [2.05, 4.69) is 0 Å². The van der Waals surface area contributed by atoms with Gasteiger partial charge in [0.25, 0.3) is 0 Å². The van der Waals surface area contributed by atoms with Gasteiger partial charge in [0.1, 0.15) is 0 Å². The number of rotatable bonds is 3. The molecule has 1 fully saturated rings. The Morgan fingerprint density at radius 1 is 1.53 bits per heavy atom. The molecule has 0 bridgehead atoms. The molecule has 2 unspecified atom stereocenters. The van der Waals surface area contributed by atoms with Gasteiger partial charge in [0.15, 0.2) is 5.92 Å². The zero-order valence-electron chi connectivity index (χ0n) is 8.30. The van der Waals surface area contributed by atoms with Crippen LogP contribution in [0.1, 0.15) is 12.8 Å². The molecule has 1 saturated heterocycles. The van der Waals surface area contributed by atoms with Gasteiger partial charge >= 0.3 is 6.18 Å². The summed E-state index contributed by atoms with van der Waals surface area (Å²) in [5, 5.41) is 8.45. The Hall–Kier alpha value is -0.800. The van der Waals surface area contributed by atoms with Gasteiger partial charge in [0.05, 0.1) is 6.07 Å². The second-order valence-corrected chi connectivity index (χ2v) is 3.75. The van der Waals surface area contributed by atoms with Crippen molar-refractivity contribution in [1.29, 1.82) is 5.26 Å². The van der Waals surface area contributed by atoms with Gasteiger partial charge in [-0.15, -0.1) is 0 Å². The molecule has 6 heteroatoms. The summed E-state index contributed by atoms with van der Waals surface area (Å²) in [6.45, 7) is 0.716.